The van der Waals surface area contributed by atoms with Gasteiger partial charge >= 0.3 is 0 Å². The van der Waals surface area contributed by atoms with Crippen molar-refractivity contribution in [1.82, 2.24) is 0 Å². The summed E-state index contributed by atoms with van der Waals surface area (Å²) in [5.41, 5.74) is 8.68. The van der Waals surface area contributed by atoms with Crippen LogP contribution in [0, 0.1) is 6.92 Å². The van der Waals surface area contributed by atoms with Crippen LogP contribution in [0.2, 0.25) is 0 Å². The molecule has 2 heteroatoms. The largest absolute Gasteiger partial charge is 0.496 e. The molecule has 1 aliphatic rings. The maximum absolute atomic E-state index is 6.03. The van der Waals surface area contributed by atoms with Crippen LogP contribution in [0.1, 0.15) is 42.7 Å². The van der Waals surface area contributed by atoms with Crippen LogP contribution < -0.4 is 10.5 Å². The van der Waals surface area contributed by atoms with Gasteiger partial charge in [0.1, 0.15) is 5.75 Å². The fraction of sp³-hybridized carbons (Fsp3) is 0.571. The second kappa shape index (κ2) is 4.88. The van der Waals surface area contributed by atoms with Gasteiger partial charge in [0.25, 0.3) is 0 Å². The highest BCUT2D eigenvalue weighted by Crippen LogP contribution is 2.33. The molecular formula is C14H21NO. The number of hydrogen-bond acceptors (Lipinski definition) is 2. The van der Waals surface area contributed by atoms with Crippen molar-refractivity contribution in [1.29, 1.82) is 0 Å². The first-order valence-corrected chi connectivity index (χ1v) is 6.11. The van der Waals surface area contributed by atoms with Gasteiger partial charge in [0.15, 0.2) is 0 Å². The maximum Gasteiger partial charge on any atom is 0.121 e. The van der Waals surface area contributed by atoms with Crippen LogP contribution in [0.25, 0.3) is 0 Å². The summed E-state index contributed by atoms with van der Waals surface area (Å²) in [5.74, 6) is 1.62. The minimum absolute atomic E-state index is 0.390. The van der Waals surface area contributed by atoms with E-state index in [4.69, 9.17) is 10.5 Å². The Labute approximate surface area is 97.8 Å². The molecule has 88 valence electrons. The second-order valence-corrected chi connectivity index (χ2v) is 4.85. The van der Waals surface area contributed by atoms with Crippen molar-refractivity contribution < 1.29 is 4.74 Å². The molecule has 2 rings (SSSR count). The van der Waals surface area contributed by atoms with Crippen LogP contribution >= 0.6 is 0 Å². The van der Waals surface area contributed by atoms with E-state index >= 15 is 0 Å². The van der Waals surface area contributed by atoms with Crippen molar-refractivity contribution in [3.63, 3.8) is 0 Å². The van der Waals surface area contributed by atoms with E-state index in [0.717, 1.165) is 12.2 Å². The van der Waals surface area contributed by atoms with Gasteiger partial charge < -0.3 is 10.5 Å². The zero-order chi connectivity index (χ0) is 11.5. The first kappa shape index (κ1) is 11.5. The Morgan fingerprint density at radius 2 is 2.12 bits per heavy atom. The Hall–Kier alpha value is -1.02. The molecule has 2 atom stereocenters. The molecule has 0 bridgehead atoms. The summed E-state index contributed by atoms with van der Waals surface area (Å²) in [5, 5.41) is 0. The fourth-order valence-corrected chi connectivity index (χ4v) is 2.69. The Morgan fingerprint density at radius 1 is 1.31 bits per heavy atom. The van der Waals surface area contributed by atoms with E-state index in [9.17, 15) is 0 Å². The zero-order valence-corrected chi connectivity index (χ0v) is 10.2. The molecule has 0 heterocycles. The second-order valence-electron chi connectivity index (χ2n) is 4.85. The van der Waals surface area contributed by atoms with Crippen molar-refractivity contribution >= 4 is 0 Å². The van der Waals surface area contributed by atoms with Crippen LogP contribution in [0.4, 0.5) is 0 Å². The molecule has 0 spiro atoms. The highest BCUT2D eigenvalue weighted by molar-refractivity contribution is 5.37. The van der Waals surface area contributed by atoms with Crippen molar-refractivity contribution in [2.45, 2.75) is 44.6 Å². The van der Waals surface area contributed by atoms with Crippen molar-refractivity contribution in [3.8, 4) is 5.75 Å². The van der Waals surface area contributed by atoms with Crippen LogP contribution in [0.15, 0.2) is 18.2 Å². The minimum Gasteiger partial charge on any atom is -0.496 e. The van der Waals surface area contributed by atoms with E-state index in [0.29, 0.717) is 12.0 Å². The zero-order valence-electron chi connectivity index (χ0n) is 10.2. The first-order valence-electron chi connectivity index (χ1n) is 6.11. The van der Waals surface area contributed by atoms with E-state index in [1.165, 1.54) is 30.4 Å². The Kier molecular flexibility index (Phi) is 3.49. The summed E-state index contributed by atoms with van der Waals surface area (Å²) in [6, 6.07) is 6.90. The molecule has 1 aromatic carbocycles. The maximum atomic E-state index is 6.03. The van der Waals surface area contributed by atoms with Gasteiger partial charge in [-0.3, -0.25) is 0 Å². The lowest BCUT2D eigenvalue weighted by atomic mass is 9.81. The van der Waals surface area contributed by atoms with Gasteiger partial charge in [-0.2, -0.15) is 0 Å². The number of nitrogens with two attached hydrogens (primary N) is 1. The molecule has 2 N–H and O–H groups in total. The number of methoxy groups -OCH3 is 1. The van der Waals surface area contributed by atoms with Crippen molar-refractivity contribution in [3.05, 3.63) is 29.3 Å². The molecule has 1 aliphatic carbocycles. The van der Waals surface area contributed by atoms with E-state index in [1.54, 1.807) is 7.11 Å². The van der Waals surface area contributed by atoms with E-state index < -0.39 is 0 Å². The lowest BCUT2D eigenvalue weighted by Gasteiger charge is -2.27. The van der Waals surface area contributed by atoms with Crippen molar-refractivity contribution in [2.75, 3.05) is 7.11 Å². The molecule has 0 saturated heterocycles. The Balaban J connectivity index is 2.17. The van der Waals surface area contributed by atoms with E-state index in [-0.39, 0.29) is 0 Å². The number of hydrogen-bond donors (Lipinski definition) is 1. The monoisotopic (exact) mass is 219 g/mol. The molecule has 2 unspecified atom stereocenters. The summed E-state index contributed by atoms with van der Waals surface area (Å²) >= 11 is 0. The van der Waals surface area contributed by atoms with Crippen LogP contribution in [-0.2, 0) is 0 Å². The van der Waals surface area contributed by atoms with E-state index in [2.05, 4.69) is 25.1 Å². The molecule has 1 aromatic rings. The van der Waals surface area contributed by atoms with Crippen LogP contribution in [0.3, 0.4) is 0 Å². The van der Waals surface area contributed by atoms with Gasteiger partial charge in [0.05, 0.1) is 7.11 Å². The molecule has 1 fully saturated rings. The van der Waals surface area contributed by atoms with E-state index in [1.807, 2.05) is 0 Å². The predicted molar refractivity (Wildman–Crippen MR) is 66.9 cm³/mol. The van der Waals surface area contributed by atoms with Gasteiger partial charge in [-0.05, 0) is 49.3 Å². The van der Waals surface area contributed by atoms with Gasteiger partial charge in [0, 0.05) is 6.04 Å². The molecule has 16 heavy (non-hydrogen) atoms. The molecule has 2 nitrogen and oxygen atoms in total. The predicted octanol–water partition coefficient (Wildman–Crippen LogP) is 2.99. The smallest absolute Gasteiger partial charge is 0.121 e. The minimum atomic E-state index is 0.390. The SMILES string of the molecule is COc1ccc(C2CCCC(N)C2)cc1C. The summed E-state index contributed by atoms with van der Waals surface area (Å²) in [6.45, 7) is 2.10. The van der Waals surface area contributed by atoms with Crippen LogP contribution in [0.5, 0.6) is 5.75 Å². The summed E-state index contributed by atoms with van der Waals surface area (Å²) in [4.78, 5) is 0. The topological polar surface area (TPSA) is 35.2 Å². The molecule has 0 amide bonds. The highest BCUT2D eigenvalue weighted by atomic mass is 16.5. The Bertz CT molecular complexity index is 362. The Morgan fingerprint density at radius 3 is 2.75 bits per heavy atom. The van der Waals surface area contributed by atoms with Gasteiger partial charge in [-0.15, -0.1) is 0 Å². The van der Waals surface area contributed by atoms with Crippen LogP contribution in [-0.4, -0.2) is 13.2 Å². The molecule has 1 saturated carbocycles. The van der Waals surface area contributed by atoms with Crippen molar-refractivity contribution in [2.24, 2.45) is 5.73 Å². The normalized spacial score (nSPS) is 25.4. The third-order valence-corrected chi connectivity index (χ3v) is 3.61. The average molecular weight is 219 g/mol. The highest BCUT2D eigenvalue weighted by Gasteiger charge is 2.20. The average Bonchev–Trinajstić information content (AvgIpc) is 2.29. The van der Waals surface area contributed by atoms with Gasteiger partial charge in [-0.25, -0.2) is 0 Å². The molecule has 0 aliphatic heterocycles. The van der Waals surface area contributed by atoms with Gasteiger partial charge in [-0.1, -0.05) is 18.6 Å². The van der Waals surface area contributed by atoms with Gasteiger partial charge in [0.2, 0.25) is 0 Å². The third kappa shape index (κ3) is 2.38. The molecule has 0 radical (unpaired) electrons. The number of ether oxygens (including phenoxy) is 1. The summed E-state index contributed by atoms with van der Waals surface area (Å²) < 4.78 is 5.28. The number of aryl methyl sites for hydroxylation is 1. The third-order valence-electron chi connectivity index (χ3n) is 3.61. The summed E-state index contributed by atoms with van der Waals surface area (Å²) in [7, 11) is 1.72. The quantitative estimate of drug-likeness (QED) is 0.830. The number of benzene rings is 1. The molecular weight excluding hydrogens is 198 g/mol. The number of rotatable bonds is 2. The molecule has 0 aromatic heterocycles. The first-order chi connectivity index (χ1) is 7.70. The fourth-order valence-electron chi connectivity index (χ4n) is 2.69. The lowest BCUT2D eigenvalue weighted by molar-refractivity contribution is 0.391. The lowest BCUT2D eigenvalue weighted by Crippen LogP contribution is -2.26. The standard InChI is InChI=1S/C14H21NO/c1-10-8-12(6-7-14(10)16-2)11-4-3-5-13(15)9-11/h6-8,11,13H,3-5,9,15H2,1-2H3. The summed E-state index contributed by atoms with van der Waals surface area (Å²) in [6.07, 6.45) is 4.85.